The van der Waals surface area contributed by atoms with Gasteiger partial charge in [-0.2, -0.15) is 0 Å². The smallest absolute Gasteiger partial charge is 0.327 e. The van der Waals surface area contributed by atoms with Crippen LogP contribution >= 0.6 is 0 Å². The van der Waals surface area contributed by atoms with E-state index < -0.39 is 40.9 Å². The van der Waals surface area contributed by atoms with E-state index in [4.69, 9.17) is 18.9 Å². The summed E-state index contributed by atoms with van der Waals surface area (Å²) in [6, 6.07) is 6.69. The van der Waals surface area contributed by atoms with Gasteiger partial charge in [-0.25, -0.2) is 0 Å². The van der Waals surface area contributed by atoms with Crippen molar-refractivity contribution in [2.45, 2.75) is 38.6 Å². The minimum atomic E-state index is -1.94. The van der Waals surface area contributed by atoms with E-state index in [2.05, 4.69) is 0 Å². The molecule has 2 aliphatic heterocycles. The highest BCUT2D eigenvalue weighted by Crippen LogP contribution is 2.58. The van der Waals surface area contributed by atoms with Gasteiger partial charge in [-0.3, -0.25) is 14.4 Å². The lowest BCUT2D eigenvalue weighted by atomic mass is 9.61. The molecule has 0 radical (unpaired) electrons. The quantitative estimate of drug-likeness (QED) is 0.599. The molecule has 1 fully saturated rings. The molecule has 1 aromatic carbocycles. The van der Waals surface area contributed by atoms with Crippen LogP contribution in [0.5, 0.6) is 5.75 Å². The van der Waals surface area contributed by atoms with E-state index in [1.165, 1.54) is 14.2 Å². The first-order valence-corrected chi connectivity index (χ1v) is 8.58. The third-order valence-corrected chi connectivity index (χ3v) is 5.63. The highest BCUT2D eigenvalue weighted by molar-refractivity contribution is 6.12. The van der Waals surface area contributed by atoms with Crippen molar-refractivity contribution in [2.75, 3.05) is 14.2 Å². The number of ether oxygens (including phenoxy) is 4. The maximum atomic E-state index is 13.3. The molecule has 2 atom stereocenters. The van der Waals surface area contributed by atoms with Gasteiger partial charge in [0.2, 0.25) is 11.7 Å². The van der Waals surface area contributed by atoms with E-state index >= 15 is 0 Å². The molecule has 0 aliphatic carbocycles. The number of carbonyl (C=O) groups is 3. The molecule has 0 aromatic heterocycles. The summed E-state index contributed by atoms with van der Waals surface area (Å²) < 4.78 is 21.9. The maximum absolute atomic E-state index is 13.3. The summed E-state index contributed by atoms with van der Waals surface area (Å²) in [6.07, 6.45) is -0.475. The number of hydrogen-bond acceptors (Lipinski definition) is 7. The first-order chi connectivity index (χ1) is 12.4. The van der Waals surface area contributed by atoms with E-state index in [1.807, 2.05) is 0 Å². The minimum Gasteiger partial charge on any atom is -0.468 e. The van der Waals surface area contributed by atoms with Crippen molar-refractivity contribution in [3.05, 3.63) is 29.8 Å². The van der Waals surface area contributed by atoms with Gasteiger partial charge >= 0.3 is 11.9 Å². The third-order valence-electron chi connectivity index (χ3n) is 5.63. The standard InChI is InChI=1S/C19H22O7/c1-5-18(6-2)19(16(21)23-3,17(22)24-4)13-14(20)11-9-7-8-10-12(11)25-15(13)26-18/h7-10,13,15H,5-6H2,1-4H3/t13-,15+/m0/s1. The maximum Gasteiger partial charge on any atom is 0.327 e. The molecule has 1 aromatic rings. The molecule has 7 heteroatoms. The number of para-hydroxylation sites is 1. The second-order valence-electron chi connectivity index (χ2n) is 6.43. The fourth-order valence-electron chi connectivity index (χ4n) is 4.35. The van der Waals surface area contributed by atoms with Gasteiger partial charge in [0, 0.05) is 0 Å². The van der Waals surface area contributed by atoms with Gasteiger partial charge in [0.1, 0.15) is 11.7 Å². The van der Waals surface area contributed by atoms with Crippen LogP contribution in [0.3, 0.4) is 0 Å². The second kappa shape index (κ2) is 6.39. The summed E-state index contributed by atoms with van der Waals surface area (Å²) in [7, 11) is 2.36. The van der Waals surface area contributed by atoms with E-state index in [9.17, 15) is 14.4 Å². The number of methoxy groups -OCH3 is 2. The zero-order valence-corrected chi connectivity index (χ0v) is 15.2. The summed E-state index contributed by atoms with van der Waals surface area (Å²) in [5.41, 5.74) is -2.91. The minimum absolute atomic E-state index is 0.299. The monoisotopic (exact) mass is 362 g/mol. The van der Waals surface area contributed by atoms with Crippen LogP contribution in [0.4, 0.5) is 0 Å². The number of Topliss-reactive ketones (excluding diaryl/α,β-unsaturated/α-hetero) is 1. The zero-order chi connectivity index (χ0) is 19.1. The predicted octanol–water partition coefficient (Wildman–Crippen LogP) is 2.13. The average molecular weight is 362 g/mol. The number of hydrogen-bond donors (Lipinski definition) is 0. The van der Waals surface area contributed by atoms with E-state index in [0.717, 1.165) is 0 Å². The van der Waals surface area contributed by atoms with Crippen molar-refractivity contribution in [1.29, 1.82) is 0 Å². The first kappa shape index (κ1) is 18.4. The van der Waals surface area contributed by atoms with E-state index in [0.29, 0.717) is 24.2 Å². The Morgan fingerprint density at radius 1 is 1.08 bits per heavy atom. The Hall–Kier alpha value is -2.41. The molecule has 26 heavy (non-hydrogen) atoms. The molecule has 0 N–H and O–H groups in total. The van der Waals surface area contributed by atoms with Crippen molar-refractivity contribution in [2.24, 2.45) is 11.3 Å². The average Bonchev–Trinajstić information content (AvgIpc) is 2.98. The Kier molecular flexibility index (Phi) is 4.52. The Bertz CT molecular complexity index is 734. The van der Waals surface area contributed by atoms with Crippen LogP contribution in [0, 0.1) is 11.3 Å². The zero-order valence-electron chi connectivity index (χ0n) is 15.2. The Morgan fingerprint density at radius 2 is 1.65 bits per heavy atom. The van der Waals surface area contributed by atoms with E-state index in [-0.39, 0.29) is 0 Å². The van der Waals surface area contributed by atoms with Gasteiger partial charge in [0.15, 0.2) is 5.78 Å². The summed E-state index contributed by atoms with van der Waals surface area (Å²) >= 11 is 0. The molecule has 0 amide bonds. The number of benzene rings is 1. The molecule has 0 saturated carbocycles. The van der Waals surface area contributed by atoms with Crippen LogP contribution in [0.1, 0.15) is 37.0 Å². The van der Waals surface area contributed by atoms with Crippen LogP contribution in [-0.2, 0) is 23.8 Å². The first-order valence-electron chi connectivity index (χ1n) is 8.58. The van der Waals surface area contributed by atoms with Gasteiger partial charge in [-0.15, -0.1) is 0 Å². The SMILES string of the molecule is CCC1(CC)O[C@H]2Oc3ccccc3C(=O)[C@@H]2C1(C(=O)OC)C(=O)OC. The number of rotatable bonds is 4. The molecular formula is C19H22O7. The number of fused-ring (bicyclic) bond motifs is 2. The van der Waals surface area contributed by atoms with Crippen molar-refractivity contribution in [1.82, 2.24) is 0 Å². The Balaban J connectivity index is 2.29. The number of ketones is 1. The van der Waals surface area contributed by atoms with Crippen LogP contribution in [0.2, 0.25) is 0 Å². The number of carbonyl (C=O) groups excluding carboxylic acids is 3. The molecule has 0 unspecified atom stereocenters. The van der Waals surface area contributed by atoms with Crippen molar-refractivity contribution in [3.63, 3.8) is 0 Å². The lowest BCUT2D eigenvalue weighted by Crippen LogP contribution is -2.60. The summed E-state index contributed by atoms with van der Waals surface area (Å²) in [6.45, 7) is 3.58. The molecule has 1 saturated heterocycles. The molecular weight excluding hydrogens is 340 g/mol. The van der Waals surface area contributed by atoms with Crippen molar-refractivity contribution >= 4 is 17.7 Å². The van der Waals surface area contributed by atoms with Crippen LogP contribution in [0.15, 0.2) is 24.3 Å². The van der Waals surface area contributed by atoms with Crippen LogP contribution in [-0.4, -0.2) is 43.8 Å². The van der Waals surface area contributed by atoms with Gasteiger partial charge < -0.3 is 18.9 Å². The van der Waals surface area contributed by atoms with Crippen LogP contribution in [0.25, 0.3) is 0 Å². The third kappa shape index (κ3) is 2.06. The molecule has 0 bridgehead atoms. The topological polar surface area (TPSA) is 88.1 Å². The highest BCUT2D eigenvalue weighted by atomic mass is 16.7. The van der Waals surface area contributed by atoms with Crippen molar-refractivity contribution < 1.29 is 33.3 Å². The van der Waals surface area contributed by atoms with Crippen LogP contribution < -0.4 is 4.74 Å². The Morgan fingerprint density at radius 3 is 2.19 bits per heavy atom. The normalized spacial score (nSPS) is 24.8. The molecule has 2 aliphatic rings. The molecule has 3 rings (SSSR count). The van der Waals surface area contributed by atoms with Gasteiger partial charge in [-0.05, 0) is 25.0 Å². The molecule has 0 spiro atoms. The highest BCUT2D eigenvalue weighted by Gasteiger charge is 2.77. The molecule has 7 nitrogen and oxygen atoms in total. The summed E-state index contributed by atoms with van der Waals surface area (Å²) in [4.78, 5) is 39.2. The van der Waals surface area contributed by atoms with Crippen molar-refractivity contribution in [3.8, 4) is 5.75 Å². The molecule has 140 valence electrons. The lowest BCUT2D eigenvalue weighted by Gasteiger charge is -2.40. The molecule has 2 heterocycles. The summed E-state index contributed by atoms with van der Waals surface area (Å²) in [5.74, 6) is -2.91. The van der Waals surface area contributed by atoms with Gasteiger partial charge in [-0.1, -0.05) is 26.0 Å². The fourth-order valence-corrected chi connectivity index (χ4v) is 4.35. The summed E-state index contributed by atoms with van der Waals surface area (Å²) in [5, 5.41) is 0. The fraction of sp³-hybridized carbons (Fsp3) is 0.526. The number of esters is 2. The van der Waals surface area contributed by atoms with Gasteiger partial charge in [0.05, 0.1) is 25.4 Å². The lowest BCUT2D eigenvalue weighted by molar-refractivity contribution is -0.190. The largest absolute Gasteiger partial charge is 0.468 e. The predicted molar refractivity (Wildman–Crippen MR) is 89.5 cm³/mol. The van der Waals surface area contributed by atoms with E-state index in [1.54, 1.807) is 38.1 Å². The second-order valence-corrected chi connectivity index (χ2v) is 6.43. The Labute approximate surface area is 151 Å². The van der Waals surface area contributed by atoms with Gasteiger partial charge in [0.25, 0.3) is 0 Å².